The minimum absolute atomic E-state index is 0.0508. The van der Waals surface area contributed by atoms with Gasteiger partial charge in [-0.1, -0.05) is 6.07 Å². The van der Waals surface area contributed by atoms with Crippen molar-refractivity contribution in [3.05, 3.63) is 54.1 Å². The monoisotopic (exact) mass is 461 g/mol. The molecule has 2 aliphatic rings. The Morgan fingerprint density at radius 2 is 1.65 bits per heavy atom. The summed E-state index contributed by atoms with van der Waals surface area (Å²) in [6, 6.07) is 14.8. The van der Waals surface area contributed by atoms with Crippen LogP contribution in [0.3, 0.4) is 0 Å². The fraction of sp³-hybridized carbons (Fsp3) is 0.280. The van der Waals surface area contributed by atoms with E-state index in [0.29, 0.717) is 17.1 Å². The number of likely N-dealkylation sites (N-methyl/N-ethyl adjacent to an activating group) is 1. The van der Waals surface area contributed by atoms with Crippen LogP contribution in [0.25, 0.3) is 10.8 Å². The Morgan fingerprint density at radius 1 is 0.912 bits per heavy atom. The molecule has 0 unspecified atom stereocenters. The summed E-state index contributed by atoms with van der Waals surface area (Å²) in [4.78, 5) is 28.8. The lowest BCUT2D eigenvalue weighted by atomic mass is 10.0. The molecule has 0 aliphatic carbocycles. The van der Waals surface area contributed by atoms with E-state index >= 15 is 0 Å². The lowest BCUT2D eigenvalue weighted by molar-refractivity contribution is -0.130. The third-order valence-corrected chi connectivity index (χ3v) is 6.23. The van der Waals surface area contributed by atoms with Gasteiger partial charge in [-0.2, -0.15) is 0 Å². The molecule has 0 radical (unpaired) electrons. The SMILES string of the molecule is CN1CCN(C(=O)CNc2ccc(C(N)=O)c3ccc(Nc4ccc5c(c4)OCO5)cc23)CC1. The van der Waals surface area contributed by atoms with Crippen molar-refractivity contribution in [2.75, 3.05) is 57.2 Å². The van der Waals surface area contributed by atoms with Crippen LogP contribution in [0.4, 0.5) is 17.1 Å². The van der Waals surface area contributed by atoms with Gasteiger partial charge in [0.2, 0.25) is 18.6 Å². The highest BCUT2D eigenvalue weighted by atomic mass is 16.7. The van der Waals surface area contributed by atoms with Gasteiger partial charge in [0.1, 0.15) is 0 Å². The summed E-state index contributed by atoms with van der Waals surface area (Å²) in [6.07, 6.45) is 0. The van der Waals surface area contributed by atoms with E-state index in [1.165, 1.54) is 0 Å². The van der Waals surface area contributed by atoms with Crippen LogP contribution in [0.15, 0.2) is 48.5 Å². The van der Waals surface area contributed by atoms with Gasteiger partial charge in [-0.25, -0.2) is 0 Å². The number of primary amides is 1. The number of rotatable bonds is 6. The first-order valence-electron chi connectivity index (χ1n) is 11.2. The van der Waals surface area contributed by atoms with Crippen molar-refractivity contribution in [3.8, 4) is 11.5 Å². The highest BCUT2D eigenvalue weighted by Crippen LogP contribution is 2.36. The number of fused-ring (bicyclic) bond motifs is 2. The molecule has 4 N–H and O–H groups in total. The van der Waals surface area contributed by atoms with Crippen LogP contribution in [-0.4, -0.2) is 68.2 Å². The zero-order chi connectivity index (χ0) is 23.7. The molecular formula is C25H27N5O4. The number of hydrogen-bond donors (Lipinski definition) is 3. The first-order chi connectivity index (χ1) is 16.5. The molecule has 34 heavy (non-hydrogen) atoms. The van der Waals surface area contributed by atoms with Crippen LogP contribution < -0.4 is 25.8 Å². The molecule has 0 aromatic heterocycles. The van der Waals surface area contributed by atoms with E-state index in [-0.39, 0.29) is 19.2 Å². The minimum Gasteiger partial charge on any atom is -0.454 e. The first kappa shape index (κ1) is 21.8. The number of carbonyl (C=O) groups excluding carboxylic acids is 2. The molecule has 5 rings (SSSR count). The zero-order valence-electron chi connectivity index (χ0n) is 19.0. The Labute approximate surface area is 197 Å². The van der Waals surface area contributed by atoms with Gasteiger partial charge in [0, 0.05) is 60.3 Å². The number of anilines is 3. The predicted octanol–water partition coefficient (Wildman–Crippen LogP) is 2.60. The zero-order valence-corrected chi connectivity index (χ0v) is 19.0. The maximum atomic E-state index is 12.7. The van der Waals surface area contributed by atoms with Crippen molar-refractivity contribution in [3.63, 3.8) is 0 Å². The number of nitrogens with one attached hydrogen (secondary N) is 2. The van der Waals surface area contributed by atoms with Gasteiger partial charge in [-0.3, -0.25) is 9.59 Å². The Morgan fingerprint density at radius 3 is 2.44 bits per heavy atom. The molecule has 9 heteroatoms. The first-order valence-corrected chi connectivity index (χ1v) is 11.2. The van der Waals surface area contributed by atoms with Crippen molar-refractivity contribution in [1.82, 2.24) is 9.80 Å². The third kappa shape index (κ3) is 4.42. The summed E-state index contributed by atoms with van der Waals surface area (Å²) >= 11 is 0. The maximum absolute atomic E-state index is 12.7. The Bertz CT molecular complexity index is 1250. The molecule has 2 aliphatic heterocycles. The van der Waals surface area contributed by atoms with Gasteiger partial charge in [0.15, 0.2) is 11.5 Å². The summed E-state index contributed by atoms with van der Waals surface area (Å²) in [7, 11) is 2.06. The van der Waals surface area contributed by atoms with Crippen LogP contribution in [0, 0.1) is 0 Å². The Hall–Kier alpha value is -3.98. The second-order valence-corrected chi connectivity index (χ2v) is 8.52. The number of ether oxygens (including phenoxy) is 2. The summed E-state index contributed by atoms with van der Waals surface area (Å²) in [5.74, 6) is 0.953. The second kappa shape index (κ2) is 9.11. The number of nitrogens with zero attached hydrogens (tertiary/aromatic N) is 2. The smallest absolute Gasteiger partial charge is 0.249 e. The molecule has 176 valence electrons. The van der Waals surface area contributed by atoms with Gasteiger partial charge in [-0.15, -0.1) is 0 Å². The minimum atomic E-state index is -0.499. The molecule has 0 spiro atoms. The molecule has 3 aromatic rings. The molecular weight excluding hydrogens is 434 g/mol. The topological polar surface area (TPSA) is 109 Å². The van der Waals surface area contributed by atoms with Crippen molar-refractivity contribution < 1.29 is 19.1 Å². The van der Waals surface area contributed by atoms with E-state index in [1.54, 1.807) is 12.1 Å². The Kier molecular flexibility index (Phi) is 5.85. The molecule has 0 saturated carbocycles. The normalized spacial score (nSPS) is 15.4. The summed E-state index contributed by atoms with van der Waals surface area (Å²) in [6.45, 7) is 3.58. The van der Waals surface area contributed by atoms with Gasteiger partial charge >= 0.3 is 0 Å². The molecule has 0 bridgehead atoms. The Balaban J connectivity index is 1.40. The number of piperazine rings is 1. The van der Waals surface area contributed by atoms with E-state index in [1.807, 2.05) is 41.3 Å². The summed E-state index contributed by atoms with van der Waals surface area (Å²) in [5.41, 5.74) is 8.46. The molecule has 1 fully saturated rings. The van der Waals surface area contributed by atoms with Gasteiger partial charge in [0.25, 0.3) is 0 Å². The van der Waals surface area contributed by atoms with E-state index < -0.39 is 5.91 Å². The number of nitrogens with two attached hydrogens (primary N) is 1. The fourth-order valence-corrected chi connectivity index (χ4v) is 4.27. The maximum Gasteiger partial charge on any atom is 0.249 e. The fourth-order valence-electron chi connectivity index (χ4n) is 4.27. The van der Waals surface area contributed by atoms with E-state index in [2.05, 4.69) is 22.6 Å². The highest BCUT2D eigenvalue weighted by Gasteiger charge is 2.19. The van der Waals surface area contributed by atoms with Crippen molar-refractivity contribution in [1.29, 1.82) is 0 Å². The molecule has 3 aromatic carbocycles. The van der Waals surface area contributed by atoms with E-state index in [0.717, 1.165) is 54.0 Å². The number of benzene rings is 3. The molecule has 2 heterocycles. The van der Waals surface area contributed by atoms with Crippen LogP contribution in [0.5, 0.6) is 11.5 Å². The van der Waals surface area contributed by atoms with Crippen LogP contribution in [-0.2, 0) is 4.79 Å². The largest absolute Gasteiger partial charge is 0.454 e. The van der Waals surface area contributed by atoms with Crippen LogP contribution >= 0.6 is 0 Å². The number of carbonyl (C=O) groups is 2. The van der Waals surface area contributed by atoms with Gasteiger partial charge in [0.05, 0.1) is 6.54 Å². The highest BCUT2D eigenvalue weighted by molar-refractivity contribution is 6.10. The van der Waals surface area contributed by atoms with Crippen molar-refractivity contribution >= 4 is 39.6 Å². The molecule has 1 saturated heterocycles. The number of amides is 2. The van der Waals surface area contributed by atoms with E-state index in [9.17, 15) is 9.59 Å². The van der Waals surface area contributed by atoms with Crippen molar-refractivity contribution in [2.45, 2.75) is 0 Å². The third-order valence-electron chi connectivity index (χ3n) is 6.23. The lowest BCUT2D eigenvalue weighted by Crippen LogP contribution is -2.48. The lowest BCUT2D eigenvalue weighted by Gasteiger charge is -2.32. The van der Waals surface area contributed by atoms with Gasteiger partial charge in [-0.05, 0) is 48.8 Å². The van der Waals surface area contributed by atoms with E-state index in [4.69, 9.17) is 15.2 Å². The van der Waals surface area contributed by atoms with Crippen LogP contribution in [0.2, 0.25) is 0 Å². The second-order valence-electron chi connectivity index (χ2n) is 8.52. The standard InChI is InChI=1S/C25H27N5O4/c1-29-8-10-30(11-9-29)24(31)14-27-21-6-5-19(25(26)32)18-4-2-16(12-20(18)21)28-17-3-7-22-23(13-17)34-15-33-22/h2-7,12-13,27-28H,8-11,14-15H2,1H3,(H2,26,32). The summed E-state index contributed by atoms with van der Waals surface area (Å²) < 4.78 is 10.8. The molecule has 0 atom stereocenters. The molecule has 2 amide bonds. The molecule has 9 nitrogen and oxygen atoms in total. The van der Waals surface area contributed by atoms with Gasteiger partial charge < -0.3 is 35.6 Å². The van der Waals surface area contributed by atoms with Crippen LogP contribution in [0.1, 0.15) is 10.4 Å². The average molecular weight is 462 g/mol. The van der Waals surface area contributed by atoms with Crippen molar-refractivity contribution in [2.24, 2.45) is 5.73 Å². The predicted molar refractivity (Wildman–Crippen MR) is 131 cm³/mol. The number of hydrogen-bond acceptors (Lipinski definition) is 7. The quantitative estimate of drug-likeness (QED) is 0.518. The average Bonchev–Trinajstić information content (AvgIpc) is 3.30. The summed E-state index contributed by atoms with van der Waals surface area (Å²) in [5, 5.41) is 8.15.